The number of hydrogen-bond acceptors (Lipinski definition) is 10. The number of amides is 4. The number of halogens is 2. The molecule has 0 saturated heterocycles. The summed E-state index contributed by atoms with van der Waals surface area (Å²) in [5, 5.41) is 18.2. The maximum atomic E-state index is 13.0. The zero-order valence-corrected chi connectivity index (χ0v) is 37.3. The highest BCUT2D eigenvalue weighted by Gasteiger charge is 2.48. The Labute approximate surface area is 370 Å². The van der Waals surface area contributed by atoms with Crippen molar-refractivity contribution in [3.05, 3.63) is 154 Å². The lowest BCUT2D eigenvalue weighted by molar-refractivity contribution is -0.147. The second kappa shape index (κ2) is 18.1. The highest BCUT2D eigenvalue weighted by atomic mass is 35.5. The molecule has 14 nitrogen and oxygen atoms in total. The summed E-state index contributed by atoms with van der Waals surface area (Å²) in [5.74, 6) is -0.524. The third-order valence-corrected chi connectivity index (χ3v) is 13.0. The number of hydrogen-bond donors (Lipinski definition) is 2. The lowest BCUT2D eigenvalue weighted by Crippen LogP contribution is -2.42. The molecule has 0 spiro atoms. The van der Waals surface area contributed by atoms with Crippen LogP contribution in [0.5, 0.6) is 0 Å². The van der Waals surface area contributed by atoms with Crippen LogP contribution in [-0.2, 0) is 34.6 Å². The van der Waals surface area contributed by atoms with E-state index in [4.69, 9.17) is 27.9 Å². The second-order valence-corrected chi connectivity index (χ2v) is 19.9. The number of methoxy groups -OCH3 is 1. The van der Waals surface area contributed by atoms with E-state index in [1.165, 1.54) is 48.5 Å². The van der Waals surface area contributed by atoms with E-state index in [1.54, 1.807) is 55.5 Å². The molecule has 62 heavy (non-hydrogen) atoms. The van der Waals surface area contributed by atoms with Crippen molar-refractivity contribution < 1.29 is 36.0 Å². The molecule has 0 aliphatic carbocycles. The van der Waals surface area contributed by atoms with Gasteiger partial charge in [-0.15, -0.1) is 0 Å². The highest BCUT2D eigenvalue weighted by Crippen LogP contribution is 2.36. The number of carbonyl (C=O) groups is 3. The summed E-state index contributed by atoms with van der Waals surface area (Å²) in [6.07, 6.45) is 2.24. The van der Waals surface area contributed by atoms with E-state index in [2.05, 4.69) is 27.8 Å². The van der Waals surface area contributed by atoms with Gasteiger partial charge < -0.3 is 15.4 Å². The van der Waals surface area contributed by atoms with Gasteiger partial charge in [0, 0.05) is 33.9 Å². The number of urea groups is 2. The topological polar surface area (TPSA) is 184 Å². The van der Waals surface area contributed by atoms with E-state index in [0.717, 1.165) is 34.4 Å². The lowest BCUT2D eigenvalue weighted by atomic mass is 9.76. The van der Waals surface area contributed by atoms with Crippen molar-refractivity contribution in [3.63, 3.8) is 0 Å². The van der Waals surface area contributed by atoms with Gasteiger partial charge in [0.25, 0.3) is 0 Å². The van der Waals surface area contributed by atoms with Crippen molar-refractivity contribution >= 4 is 83.7 Å². The van der Waals surface area contributed by atoms with Crippen LogP contribution in [0.3, 0.4) is 0 Å². The number of hydrazone groups is 2. The third-order valence-electron chi connectivity index (χ3n) is 10.2. The molecule has 0 radical (unpaired) electrons. The van der Waals surface area contributed by atoms with Gasteiger partial charge in [0.1, 0.15) is 5.41 Å². The third kappa shape index (κ3) is 10.2. The smallest absolute Gasteiger partial charge is 0.342 e. The fourth-order valence-electron chi connectivity index (χ4n) is 6.85. The Morgan fingerprint density at radius 3 is 1.42 bits per heavy atom. The quantitative estimate of drug-likeness (QED) is 0.146. The number of anilines is 2. The summed E-state index contributed by atoms with van der Waals surface area (Å²) in [6, 6.07) is 34.9. The minimum absolute atomic E-state index is 0.0229. The number of nitrogens with one attached hydrogen (secondary N) is 2. The number of ether oxygens (including phenoxy) is 1. The molecule has 5 aromatic carbocycles. The Morgan fingerprint density at radius 1 is 0.597 bits per heavy atom. The van der Waals surface area contributed by atoms with Gasteiger partial charge in [-0.05, 0) is 103 Å². The van der Waals surface area contributed by atoms with Gasteiger partial charge in [0.15, 0.2) is 19.7 Å². The van der Waals surface area contributed by atoms with Crippen molar-refractivity contribution in [1.82, 2.24) is 10.0 Å². The van der Waals surface area contributed by atoms with Crippen molar-refractivity contribution in [2.45, 2.75) is 29.1 Å². The molecule has 2 N–H and O–H groups in total. The fourth-order valence-corrected chi connectivity index (χ4v) is 8.36. The van der Waals surface area contributed by atoms with Crippen LogP contribution in [0, 0.1) is 5.41 Å². The molecule has 2 aliphatic rings. The second-order valence-electron chi connectivity index (χ2n) is 15.0. The molecule has 322 valence electrons. The maximum absolute atomic E-state index is 13.0. The van der Waals surface area contributed by atoms with E-state index in [-0.39, 0.29) is 16.3 Å². The first-order chi connectivity index (χ1) is 29.2. The molecule has 2 atom stereocenters. The Bertz CT molecular complexity index is 2770. The minimum Gasteiger partial charge on any atom is -0.468 e. The predicted molar refractivity (Wildman–Crippen MR) is 240 cm³/mol. The molecule has 4 amide bonds. The average Bonchev–Trinajstić information content (AvgIpc) is 3.80. The van der Waals surface area contributed by atoms with Crippen LogP contribution in [0.15, 0.2) is 147 Å². The van der Waals surface area contributed by atoms with Crippen molar-refractivity contribution in [1.29, 1.82) is 0 Å². The molecule has 2 heterocycles. The Balaban J connectivity index is 0.000000207. The zero-order valence-electron chi connectivity index (χ0n) is 34.2. The molecule has 5 aromatic rings. The van der Waals surface area contributed by atoms with E-state index >= 15 is 0 Å². The van der Waals surface area contributed by atoms with Gasteiger partial charge in [0.2, 0.25) is 0 Å². The van der Waals surface area contributed by atoms with Crippen LogP contribution in [0.25, 0.3) is 0 Å². The van der Waals surface area contributed by atoms with Gasteiger partial charge >= 0.3 is 18.0 Å². The van der Waals surface area contributed by atoms with Crippen LogP contribution in [0.4, 0.5) is 21.0 Å². The summed E-state index contributed by atoms with van der Waals surface area (Å²) >= 11 is 12.0. The number of esters is 1. The Morgan fingerprint density at radius 2 is 1.00 bits per heavy atom. The highest BCUT2D eigenvalue weighted by molar-refractivity contribution is 7.91. The number of carbonyl (C=O) groups excluding carboxylic acids is 3. The first-order valence-corrected chi connectivity index (χ1v) is 23.4. The molecule has 0 fully saturated rings. The molecular formula is C44H42Cl2N6O8S2. The van der Waals surface area contributed by atoms with Crippen LogP contribution in [-0.4, -0.2) is 89.0 Å². The van der Waals surface area contributed by atoms with E-state index in [0.29, 0.717) is 39.2 Å². The maximum Gasteiger partial charge on any atom is 0.342 e. The predicted octanol–water partition coefficient (Wildman–Crippen LogP) is 8.13. The number of benzene rings is 5. The summed E-state index contributed by atoms with van der Waals surface area (Å²) in [6.45, 7) is 4.04. The number of nitrogens with zero attached hydrogens (tertiary/aromatic N) is 4. The molecule has 18 heteroatoms. The standard InChI is InChI=1S/C24H22ClN3O3S.C20H20ClN3O5S/c1-24(18-6-4-3-5-7-18)16-28(27-22(24)17-8-10-19(25)11-9-17)23(29)26-20-12-14-21(15-13-20)32(2,30)31;1-20(18(25)29-2)12-24(23-17(20)13-4-6-14(21)7-5-13)19(26)22-15-8-10-16(11-9-15)30(3,27)28/h3-15H,16H2,1-2H3,(H,26,29);4-11H,12H2,1-3H3,(H,22,26). The van der Waals surface area contributed by atoms with Crippen LogP contribution in [0.1, 0.15) is 30.5 Å². The summed E-state index contributed by atoms with van der Waals surface area (Å²) in [4.78, 5) is 38.6. The van der Waals surface area contributed by atoms with Gasteiger partial charge in [-0.2, -0.15) is 10.2 Å². The summed E-state index contributed by atoms with van der Waals surface area (Å²) in [7, 11) is -5.37. The molecule has 0 bridgehead atoms. The van der Waals surface area contributed by atoms with Gasteiger partial charge in [-0.1, -0.05) is 77.8 Å². The molecule has 0 aromatic heterocycles. The minimum atomic E-state index is -3.34. The monoisotopic (exact) mass is 916 g/mol. The van der Waals surface area contributed by atoms with Gasteiger partial charge in [-0.25, -0.2) is 36.4 Å². The normalized spacial score (nSPS) is 18.5. The van der Waals surface area contributed by atoms with Crippen LogP contribution in [0.2, 0.25) is 10.0 Å². The van der Waals surface area contributed by atoms with Crippen molar-refractivity contribution in [2.75, 3.05) is 43.3 Å². The molecule has 7 rings (SSSR count). The van der Waals surface area contributed by atoms with Gasteiger partial charge in [0.05, 0.1) is 46.8 Å². The van der Waals surface area contributed by atoms with Crippen molar-refractivity contribution in [3.8, 4) is 0 Å². The zero-order chi connectivity index (χ0) is 45.0. The van der Waals surface area contributed by atoms with Gasteiger partial charge in [-0.3, -0.25) is 4.79 Å². The summed E-state index contributed by atoms with van der Waals surface area (Å²) in [5.41, 5.74) is 2.90. The average molecular weight is 918 g/mol. The largest absolute Gasteiger partial charge is 0.468 e. The summed E-state index contributed by atoms with van der Waals surface area (Å²) < 4.78 is 51.4. The first kappa shape index (κ1) is 45.5. The Hall–Kier alpha value is -6.07. The molecule has 2 aliphatic heterocycles. The van der Waals surface area contributed by atoms with Crippen molar-refractivity contribution in [2.24, 2.45) is 15.6 Å². The Kier molecular flexibility index (Phi) is 13.3. The van der Waals surface area contributed by atoms with Crippen LogP contribution < -0.4 is 10.6 Å². The van der Waals surface area contributed by atoms with E-state index < -0.39 is 48.5 Å². The van der Waals surface area contributed by atoms with E-state index in [9.17, 15) is 31.2 Å². The lowest BCUT2D eigenvalue weighted by Gasteiger charge is -2.27. The molecular weight excluding hydrogens is 876 g/mol. The number of rotatable bonds is 8. The molecule has 2 unspecified atom stereocenters. The fraction of sp³-hybridized carbons (Fsp3) is 0.205. The van der Waals surface area contributed by atoms with Crippen LogP contribution >= 0.6 is 23.2 Å². The molecule has 0 saturated carbocycles. The first-order valence-electron chi connectivity index (χ1n) is 18.8. The van der Waals surface area contributed by atoms with E-state index in [1.807, 2.05) is 42.5 Å². The number of sulfone groups is 2. The SMILES string of the molecule is CC1(c2ccccc2)CN(C(=O)Nc2ccc(S(C)(=O)=O)cc2)N=C1c1ccc(Cl)cc1.COC(=O)C1(C)CN(C(=O)Nc2ccc(S(C)(=O)=O)cc2)N=C1c1ccc(Cl)cc1.